The molecule has 2 aromatic rings. The minimum Gasteiger partial charge on any atom is -0.493 e. The lowest BCUT2D eigenvalue weighted by atomic mass is 10.1. The van der Waals surface area contributed by atoms with Crippen LogP contribution in [0.3, 0.4) is 0 Å². The number of benzene rings is 1. The fourth-order valence-electron chi connectivity index (χ4n) is 3.57. The van der Waals surface area contributed by atoms with Gasteiger partial charge in [-0.25, -0.2) is 0 Å². The van der Waals surface area contributed by atoms with E-state index in [-0.39, 0.29) is 5.91 Å². The zero-order valence-corrected chi connectivity index (χ0v) is 17.2. The van der Waals surface area contributed by atoms with Crippen molar-refractivity contribution in [3.63, 3.8) is 0 Å². The maximum atomic E-state index is 13.2. The van der Waals surface area contributed by atoms with Gasteiger partial charge < -0.3 is 19.7 Å². The summed E-state index contributed by atoms with van der Waals surface area (Å²) in [5.74, 6) is 1.78. The van der Waals surface area contributed by atoms with Crippen LogP contribution >= 0.6 is 0 Å². The molecule has 3 rings (SSSR count). The summed E-state index contributed by atoms with van der Waals surface area (Å²) in [6.45, 7) is 7.18. The van der Waals surface area contributed by atoms with Crippen LogP contribution in [0.5, 0.6) is 11.5 Å². The molecule has 0 saturated carbocycles. The smallest absolute Gasteiger partial charge is 0.274 e. The van der Waals surface area contributed by atoms with Gasteiger partial charge in [-0.05, 0) is 30.0 Å². The Morgan fingerprint density at radius 1 is 1.25 bits per heavy atom. The van der Waals surface area contributed by atoms with E-state index in [1.807, 2.05) is 23.1 Å². The van der Waals surface area contributed by atoms with E-state index in [1.54, 1.807) is 14.2 Å². The monoisotopic (exact) mass is 386 g/mol. The van der Waals surface area contributed by atoms with E-state index in [9.17, 15) is 4.79 Å². The molecule has 1 amide bonds. The summed E-state index contributed by atoms with van der Waals surface area (Å²) in [7, 11) is 3.25. The van der Waals surface area contributed by atoms with Crippen molar-refractivity contribution in [2.24, 2.45) is 5.92 Å². The lowest BCUT2D eigenvalue weighted by molar-refractivity contribution is 0.0730. The van der Waals surface area contributed by atoms with Gasteiger partial charge in [0.25, 0.3) is 5.91 Å². The molecule has 0 fully saturated rings. The van der Waals surface area contributed by atoms with Crippen molar-refractivity contribution in [3.8, 4) is 11.5 Å². The topological polar surface area (TPSA) is 79.5 Å². The molecule has 1 aromatic carbocycles. The van der Waals surface area contributed by atoms with Crippen molar-refractivity contribution in [2.75, 3.05) is 33.9 Å². The second-order valence-electron chi connectivity index (χ2n) is 7.54. The molecule has 0 spiro atoms. The zero-order valence-electron chi connectivity index (χ0n) is 17.2. The molecule has 0 bridgehead atoms. The molecular weight excluding hydrogens is 356 g/mol. The molecule has 0 atom stereocenters. The first kappa shape index (κ1) is 20.2. The quantitative estimate of drug-likeness (QED) is 0.728. The van der Waals surface area contributed by atoms with Gasteiger partial charge in [0.1, 0.15) is 0 Å². The third kappa shape index (κ3) is 4.47. The molecule has 0 unspecified atom stereocenters. The summed E-state index contributed by atoms with van der Waals surface area (Å²) in [6, 6.07) is 5.88. The van der Waals surface area contributed by atoms with Crippen molar-refractivity contribution in [2.45, 2.75) is 33.2 Å². The second kappa shape index (κ2) is 9.10. The summed E-state index contributed by atoms with van der Waals surface area (Å²) in [5, 5.41) is 10.7. The number of aromatic amines is 1. The summed E-state index contributed by atoms with van der Waals surface area (Å²) < 4.78 is 10.7. The highest BCUT2D eigenvalue weighted by Crippen LogP contribution is 2.28. The number of amides is 1. The van der Waals surface area contributed by atoms with Gasteiger partial charge in [0.15, 0.2) is 17.2 Å². The minimum atomic E-state index is -0.00428. The maximum Gasteiger partial charge on any atom is 0.274 e. The molecular formula is C21H30N4O3. The van der Waals surface area contributed by atoms with Crippen molar-refractivity contribution < 1.29 is 14.3 Å². The number of ether oxygens (including phenoxy) is 2. The lowest BCUT2D eigenvalue weighted by Crippen LogP contribution is -2.37. The number of aromatic nitrogens is 2. The van der Waals surface area contributed by atoms with E-state index in [0.29, 0.717) is 42.7 Å². The Morgan fingerprint density at radius 2 is 2.04 bits per heavy atom. The fourth-order valence-corrected chi connectivity index (χ4v) is 3.57. The molecule has 0 saturated heterocycles. The summed E-state index contributed by atoms with van der Waals surface area (Å²) in [4.78, 5) is 15.1. The van der Waals surface area contributed by atoms with Gasteiger partial charge in [-0.15, -0.1) is 0 Å². The third-order valence-electron chi connectivity index (χ3n) is 5.00. The normalized spacial score (nSPS) is 13.3. The molecule has 1 aromatic heterocycles. The van der Waals surface area contributed by atoms with Gasteiger partial charge in [0.2, 0.25) is 0 Å². The van der Waals surface area contributed by atoms with Crippen molar-refractivity contribution in [3.05, 3.63) is 40.7 Å². The summed E-state index contributed by atoms with van der Waals surface area (Å²) in [5.41, 5.74) is 3.74. The average molecular weight is 386 g/mol. The third-order valence-corrected chi connectivity index (χ3v) is 5.00. The summed E-state index contributed by atoms with van der Waals surface area (Å²) in [6.07, 6.45) is 1.62. The van der Waals surface area contributed by atoms with Crippen LogP contribution in [0.1, 0.15) is 41.2 Å². The number of nitrogens with zero attached hydrogens (tertiary/aromatic N) is 2. The number of rotatable bonds is 8. The van der Waals surface area contributed by atoms with Crippen LogP contribution in [-0.2, 0) is 19.4 Å². The van der Waals surface area contributed by atoms with Crippen LogP contribution in [0.15, 0.2) is 18.2 Å². The first-order chi connectivity index (χ1) is 13.5. The second-order valence-corrected chi connectivity index (χ2v) is 7.54. The number of methoxy groups -OCH3 is 2. The van der Waals surface area contributed by atoms with Crippen molar-refractivity contribution in [1.29, 1.82) is 0 Å². The van der Waals surface area contributed by atoms with Crippen LogP contribution in [0.4, 0.5) is 0 Å². The van der Waals surface area contributed by atoms with Crippen LogP contribution in [0.25, 0.3) is 0 Å². The molecule has 0 radical (unpaired) electrons. The Kier molecular flexibility index (Phi) is 6.57. The Morgan fingerprint density at radius 3 is 2.75 bits per heavy atom. The number of fused-ring (bicyclic) bond motifs is 1. The number of hydrogen-bond donors (Lipinski definition) is 2. The first-order valence-electron chi connectivity index (χ1n) is 9.80. The molecule has 2 heterocycles. The Labute approximate surface area is 166 Å². The SMILES string of the molecule is COc1ccc(CCN(CC(C)C)C(=O)c2n[nH]c3c2CNCC3)cc1OC. The van der Waals surface area contributed by atoms with Gasteiger partial charge >= 0.3 is 0 Å². The highest BCUT2D eigenvalue weighted by molar-refractivity contribution is 5.94. The molecule has 0 aliphatic carbocycles. The van der Waals surface area contributed by atoms with E-state index in [4.69, 9.17) is 9.47 Å². The number of H-pyrrole nitrogens is 1. The largest absolute Gasteiger partial charge is 0.493 e. The maximum absolute atomic E-state index is 13.2. The highest BCUT2D eigenvalue weighted by Gasteiger charge is 2.26. The predicted molar refractivity (Wildman–Crippen MR) is 108 cm³/mol. The van der Waals surface area contributed by atoms with E-state index in [0.717, 1.165) is 36.2 Å². The lowest BCUT2D eigenvalue weighted by Gasteiger charge is -2.25. The van der Waals surface area contributed by atoms with Gasteiger partial charge in [-0.1, -0.05) is 19.9 Å². The highest BCUT2D eigenvalue weighted by atomic mass is 16.5. The van der Waals surface area contributed by atoms with Gasteiger partial charge in [-0.2, -0.15) is 5.10 Å². The van der Waals surface area contributed by atoms with Gasteiger partial charge in [-0.3, -0.25) is 9.89 Å². The Hall–Kier alpha value is -2.54. The van der Waals surface area contributed by atoms with E-state index in [2.05, 4.69) is 29.4 Å². The van der Waals surface area contributed by atoms with E-state index < -0.39 is 0 Å². The number of nitrogens with one attached hydrogen (secondary N) is 2. The molecule has 28 heavy (non-hydrogen) atoms. The van der Waals surface area contributed by atoms with E-state index >= 15 is 0 Å². The Balaban J connectivity index is 1.75. The number of hydrogen-bond acceptors (Lipinski definition) is 5. The number of carbonyl (C=O) groups is 1. The van der Waals surface area contributed by atoms with Crippen LogP contribution in [0.2, 0.25) is 0 Å². The molecule has 2 N–H and O–H groups in total. The number of carbonyl (C=O) groups excluding carboxylic acids is 1. The van der Waals surface area contributed by atoms with Crippen molar-refractivity contribution >= 4 is 5.91 Å². The van der Waals surface area contributed by atoms with E-state index in [1.165, 1.54) is 0 Å². The fraction of sp³-hybridized carbons (Fsp3) is 0.524. The molecule has 1 aliphatic rings. The summed E-state index contributed by atoms with van der Waals surface area (Å²) >= 11 is 0. The molecule has 1 aliphatic heterocycles. The molecule has 7 heteroatoms. The van der Waals surface area contributed by atoms with Gasteiger partial charge in [0.05, 0.1) is 14.2 Å². The van der Waals surface area contributed by atoms with Crippen molar-refractivity contribution in [1.82, 2.24) is 20.4 Å². The average Bonchev–Trinajstić information content (AvgIpc) is 3.14. The Bertz CT molecular complexity index is 816. The van der Waals surface area contributed by atoms with Crippen LogP contribution in [-0.4, -0.2) is 54.9 Å². The van der Waals surface area contributed by atoms with Gasteiger partial charge in [0, 0.05) is 43.9 Å². The predicted octanol–water partition coefficient (Wildman–Crippen LogP) is 2.41. The minimum absolute atomic E-state index is 0.00428. The van der Waals surface area contributed by atoms with Crippen LogP contribution < -0.4 is 14.8 Å². The zero-order chi connectivity index (χ0) is 20.1. The molecule has 152 valence electrons. The standard InChI is InChI=1S/C21H30N4O3/c1-14(2)13-25(10-8-15-5-6-18(27-3)19(11-15)28-4)21(26)20-16-12-22-9-7-17(16)23-24-20/h5-6,11,14,22H,7-10,12-13H2,1-4H3,(H,23,24). The first-order valence-corrected chi connectivity index (χ1v) is 9.80. The van der Waals surface area contributed by atoms with Crippen LogP contribution in [0, 0.1) is 5.92 Å². The molecule has 7 nitrogen and oxygen atoms in total.